The van der Waals surface area contributed by atoms with Crippen LogP contribution in [0.2, 0.25) is 0 Å². The summed E-state index contributed by atoms with van der Waals surface area (Å²) in [5.41, 5.74) is 0. The van der Waals surface area contributed by atoms with Crippen LogP contribution in [0.3, 0.4) is 0 Å². The highest BCUT2D eigenvalue weighted by atomic mass is 32.2. The number of hydrogen-bond donors (Lipinski definition) is 1. The van der Waals surface area contributed by atoms with Gasteiger partial charge in [0.2, 0.25) is 0 Å². The molecule has 0 aliphatic carbocycles. The van der Waals surface area contributed by atoms with Crippen molar-refractivity contribution in [2.24, 2.45) is 11.8 Å². The molecule has 0 heterocycles. The Morgan fingerprint density at radius 3 is 2.00 bits per heavy atom. The number of carboxylic acids is 1. The fraction of sp³-hybridized carbons (Fsp3) is 0.889. The van der Waals surface area contributed by atoms with Gasteiger partial charge in [0.25, 0.3) is 0 Å². The first-order chi connectivity index (χ1) is 7.07. The predicted molar refractivity (Wildman–Crippen MR) is 54.5 cm³/mol. The van der Waals surface area contributed by atoms with E-state index in [-0.39, 0.29) is 5.92 Å². The second kappa shape index (κ2) is 5.65. The van der Waals surface area contributed by atoms with E-state index in [9.17, 15) is 22.2 Å². The van der Waals surface area contributed by atoms with Crippen LogP contribution < -0.4 is 0 Å². The number of halogens is 3. The maximum absolute atomic E-state index is 12.3. The number of carbonyl (C=O) groups is 1. The van der Waals surface area contributed by atoms with E-state index in [2.05, 4.69) is 0 Å². The third-order valence-corrected chi connectivity index (χ3v) is 4.41. The fourth-order valence-corrected chi connectivity index (χ4v) is 2.50. The van der Waals surface area contributed by atoms with Crippen molar-refractivity contribution in [3.63, 3.8) is 0 Å². The molecule has 0 aromatic carbocycles. The highest BCUT2D eigenvalue weighted by molar-refractivity contribution is 7.85. The Labute approximate surface area is 94.5 Å². The second-order valence-corrected chi connectivity index (χ2v) is 5.77. The van der Waals surface area contributed by atoms with Crippen molar-refractivity contribution in [2.45, 2.75) is 32.2 Å². The minimum absolute atomic E-state index is 0.0523. The van der Waals surface area contributed by atoms with E-state index in [0.29, 0.717) is 0 Å². The normalized spacial score (nSPS) is 18.2. The molecule has 0 aromatic heterocycles. The summed E-state index contributed by atoms with van der Waals surface area (Å²) in [7, 11) is -1.79. The average Bonchev–Trinajstić information content (AvgIpc) is 2.09. The highest BCUT2D eigenvalue weighted by Gasteiger charge is 2.46. The molecule has 0 saturated heterocycles. The summed E-state index contributed by atoms with van der Waals surface area (Å²) in [4.78, 5) is 10.4. The van der Waals surface area contributed by atoms with Gasteiger partial charge in [-0.1, -0.05) is 20.8 Å². The molecule has 0 radical (unpaired) electrons. The smallest absolute Gasteiger partial charge is 0.403 e. The quantitative estimate of drug-likeness (QED) is 0.823. The van der Waals surface area contributed by atoms with Crippen LogP contribution in [0.15, 0.2) is 0 Å². The first-order valence-electron chi connectivity index (χ1n) is 4.74. The molecule has 3 unspecified atom stereocenters. The van der Waals surface area contributed by atoms with Gasteiger partial charge in [-0.2, -0.15) is 13.2 Å². The summed E-state index contributed by atoms with van der Waals surface area (Å²) < 4.78 is 48.3. The molecular weight excluding hydrogens is 245 g/mol. The van der Waals surface area contributed by atoms with Gasteiger partial charge in [0, 0.05) is 21.8 Å². The number of hydrogen-bond acceptors (Lipinski definition) is 2. The Kier molecular flexibility index (Phi) is 5.44. The Bertz CT molecular complexity index is 276. The monoisotopic (exact) mass is 260 g/mol. The van der Waals surface area contributed by atoms with Crippen molar-refractivity contribution in [2.75, 3.05) is 5.75 Å². The molecule has 0 aliphatic heterocycles. The van der Waals surface area contributed by atoms with Crippen molar-refractivity contribution in [3.8, 4) is 0 Å². The largest absolute Gasteiger partial charge is 0.481 e. The van der Waals surface area contributed by atoms with Crippen LogP contribution in [-0.2, 0) is 15.6 Å². The van der Waals surface area contributed by atoms with E-state index in [1.807, 2.05) is 0 Å². The SMILES string of the molecule is CC(C)C(C)S(=O)CC(C(=O)O)C(F)(F)F. The standard InChI is InChI=1S/C9H15F3O3S/c1-5(2)6(3)16(15)4-7(8(13)14)9(10,11)12/h5-7H,4H2,1-3H3,(H,13,14). The average molecular weight is 260 g/mol. The number of aliphatic carboxylic acids is 1. The maximum Gasteiger partial charge on any atom is 0.403 e. The molecule has 0 saturated carbocycles. The van der Waals surface area contributed by atoms with Crippen LogP contribution in [0.1, 0.15) is 20.8 Å². The van der Waals surface area contributed by atoms with Crippen molar-refractivity contribution >= 4 is 16.8 Å². The lowest BCUT2D eigenvalue weighted by molar-refractivity contribution is -0.188. The highest BCUT2D eigenvalue weighted by Crippen LogP contribution is 2.28. The molecule has 0 amide bonds. The lowest BCUT2D eigenvalue weighted by Gasteiger charge is -2.20. The lowest BCUT2D eigenvalue weighted by atomic mass is 10.1. The minimum atomic E-state index is -4.85. The van der Waals surface area contributed by atoms with Crippen LogP contribution in [0.25, 0.3) is 0 Å². The topological polar surface area (TPSA) is 54.4 Å². The molecule has 3 atom stereocenters. The summed E-state index contributed by atoms with van der Waals surface area (Å²) in [5.74, 6) is -5.45. The van der Waals surface area contributed by atoms with E-state index in [4.69, 9.17) is 5.11 Å². The van der Waals surface area contributed by atoms with Crippen LogP contribution in [0, 0.1) is 11.8 Å². The molecule has 7 heteroatoms. The summed E-state index contributed by atoms with van der Waals surface area (Å²) in [6.45, 7) is 5.01. The maximum atomic E-state index is 12.3. The second-order valence-electron chi connectivity index (χ2n) is 3.93. The lowest BCUT2D eigenvalue weighted by Crippen LogP contribution is -2.37. The van der Waals surface area contributed by atoms with Gasteiger partial charge in [0.05, 0.1) is 0 Å². The Morgan fingerprint density at radius 1 is 1.31 bits per heavy atom. The van der Waals surface area contributed by atoms with Gasteiger partial charge < -0.3 is 5.11 Å². The Hall–Kier alpha value is -0.590. The van der Waals surface area contributed by atoms with E-state index >= 15 is 0 Å². The molecule has 0 aliphatic rings. The predicted octanol–water partition coefficient (Wildman–Crippen LogP) is 2.04. The van der Waals surface area contributed by atoms with Crippen LogP contribution in [0.4, 0.5) is 13.2 Å². The first-order valence-corrected chi connectivity index (χ1v) is 6.12. The number of carboxylic acid groups (broad SMARTS) is 1. The van der Waals surface area contributed by atoms with Crippen molar-refractivity contribution in [1.29, 1.82) is 0 Å². The molecule has 0 aromatic rings. The molecule has 96 valence electrons. The van der Waals surface area contributed by atoms with Gasteiger partial charge in [-0.05, 0) is 5.92 Å². The summed E-state index contributed by atoms with van der Waals surface area (Å²) in [6.07, 6.45) is -4.85. The zero-order valence-corrected chi connectivity index (χ0v) is 10.1. The third kappa shape index (κ3) is 4.51. The van der Waals surface area contributed by atoms with Crippen molar-refractivity contribution in [1.82, 2.24) is 0 Å². The fourth-order valence-electron chi connectivity index (χ4n) is 0.925. The third-order valence-electron chi connectivity index (χ3n) is 2.38. The minimum Gasteiger partial charge on any atom is -0.481 e. The summed E-state index contributed by atoms with van der Waals surface area (Å²) in [6, 6.07) is 0. The molecule has 0 fully saturated rings. The van der Waals surface area contributed by atoms with Gasteiger partial charge in [0.15, 0.2) is 5.92 Å². The van der Waals surface area contributed by atoms with E-state index in [1.165, 1.54) is 0 Å². The zero-order chi connectivity index (χ0) is 13.1. The summed E-state index contributed by atoms with van der Waals surface area (Å²) >= 11 is 0. The van der Waals surface area contributed by atoms with Crippen molar-refractivity contribution in [3.05, 3.63) is 0 Å². The molecule has 3 nitrogen and oxygen atoms in total. The number of alkyl halides is 3. The first kappa shape index (κ1) is 15.4. The van der Waals surface area contributed by atoms with Gasteiger partial charge in [0.1, 0.15) is 0 Å². The molecule has 0 rings (SSSR count). The van der Waals surface area contributed by atoms with Gasteiger partial charge >= 0.3 is 12.1 Å². The van der Waals surface area contributed by atoms with E-state index < -0.39 is 39.9 Å². The molecule has 0 bridgehead atoms. The number of rotatable bonds is 5. The Morgan fingerprint density at radius 2 is 1.75 bits per heavy atom. The van der Waals surface area contributed by atoms with Crippen LogP contribution >= 0.6 is 0 Å². The molecular formula is C9H15F3O3S. The molecule has 1 N–H and O–H groups in total. The van der Waals surface area contributed by atoms with Crippen molar-refractivity contribution < 1.29 is 27.3 Å². The van der Waals surface area contributed by atoms with Gasteiger partial charge in [-0.15, -0.1) is 0 Å². The summed E-state index contributed by atoms with van der Waals surface area (Å²) in [5, 5.41) is 7.97. The molecule has 16 heavy (non-hydrogen) atoms. The van der Waals surface area contributed by atoms with Crippen LogP contribution in [-0.4, -0.2) is 32.5 Å². The van der Waals surface area contributed by atoms with E-state index in [0.717, 1.165) is 0 Å². The van der Waals surface area contributed by atoms with Crippen LogP contribution in [0.5, 0.6) is 0 Å². The van der Waals surface area contributed by atoms with E-state index in [1.54, 1.807) is 20.8 Å². The van der Waals surface area contributed by atoms with Gasteiger partial charge in [-0.25, -0.2) is 0 Å². The molecule has 0 spiro atoms. The Balaban J connectivity index is 4.67. The zero-order valence-electron chi connectivity index (χ0n) is 9.25. The van der Waals surface area contributed by atoms with Gasteiger partial charge in [-0.3, -0.25) is 9.00 Å².